The van der Waals surface area contributed by atoms with E-state index in [0.29, 0.717) is 6.54 Å². The first-order valence-electron chi connectivity index (χ1n) is 6.72. The zero-order valence-corrected chi connectivity index (χ0v) is 12.0. The Balaban J connectivity index is 1.87. The number of hydrogen-bond acceptors (Lipinski definition) is 3. The number of pyridine rings is 2. The second-order valence-electron chi connectivity index (χ2n) is 4.94. The van der Waals surface area contributed by atoms with Gasteiger partial charge in [0, 0.05) is 22.5 Å². The first-order valence-corrected chi connectivity index (χ1v) is 7.60. The summed E-state index contributed by atoms with van der Waals surface area (Å²) in [7, 11) is 0. The van der Waals surface area contributed by atoms with Crippen molar-refractivity contribution in [3.05, 3.63) is 76.2 Å². The molecule has 4 heteroatoms. The third-order valence-corrected chi connectivity index (χ3v) is 4.53. The quantitative estimate of drug-likeness (QED) is 0.565. The lowest BCUT2D eigenvalue weighted by Gasteiger charge is -2.08. The fourth-order valence-corrected chi connectivity index (χ4v) is 3.38. The Bertz CT molecular complexity index is 995. The first kappa shape index (κ1) is 12.3. The van der Waals surface area contributed by atoms with Gasteiger partial charge in [-0.1, -0.05) is 24.3 Å². The molecule has 0 amide bonds. The molecule has 0 saturated heterocycles. The van der Waals surface area contributed by atoms with Crippen molar-refractivity contribution < 1.29 is 0 Å². The highest BCUT2D eigenvalue weighted by molar-refractivity contribution is 7.17. The minimum absolute atomic E-state index is 0.0571. The average molecular weight is 292 g/mol. The summed E-state index contributed by atoms with van der Waals surface area (Å²) in [4.78, 5) is 16.9. The molecule has 3 heterocycles. The van der Waals surface area contributed by atoms with E-state index in [9.17, 15) is 4.79 Å². The van der Waals surface area contributed by atoms with Gasteiger partial charge in [-0.3, -0.25) is 9.78 Å². The van der Waals surface area contributed by atoms with Crippen LogP contribution >= 0.6 is 11.3 Å². The van der Waals surface area contributed by atoms with E-state index < -0.39 is 0 Å². The number of aromatic nitrogens is 2. The molecule has 3 aromatic heterocycles. The lowest BCUT2D eigenvalue weighted by atomic mass is 10.1. The zero-order valence-electron chi connectivity index (χ0n) is 11.2. The average Bonchev–Trinajstić information content (AvgIpc) is 3.00. The highest BCUT2D eigenvalue weighted by atomic mass is 32.1. The lowest BCUT2D eigenvalue weighted by Crippen LogP contribution is -2.19. The van der Waals surface area contributed by atoms with Crippen molar-refractivity contribution in [3.63, 3.8) is 0 Å². The van der Waals surface area contributed by atoms with Crippen molar-refractivity contribution in [1.82, 2.24) is 9.55 Å². The molecule has 0 saturated carbocycles. The largest absolute Gasteiger partial charge is 0.310 e. The van der Waals surface area contributed by atoms with Crippen LogP contribution in [0.3, 0.4) is 0 Å². The van der Waals surface area contributed by atoms with E-state index >= 15 is 0 Å². The van der Waals surface area contributed by atoms with Crippen molar-refractivity contribution in [3.8, 4) is 0 Å². The number of fused-ring (bicyclic) bond motifs is 2. The highest BCUT2D eigenvalue weighted by Gasteiger charge is 2.07. The molecule has 0 spiro atoms. The number of benzene rings is 1. The second-order valence-corrected chi connectivity index (χ2v) is 5.89. The van der Waals surface area contributed by atoms with Crippen molar-refractivity contribution in [1.29, 1.82) is 0 Å². The van der Waals surface area contributed by atoms with Crippen molar-refractivity contribution in [2.45, 2.75) is 6.54 Å². The van der Waals surface area contributed by atoms with E-state index in [0.717, 1.165) is 26.6 Å². The fourth-order valence-electron chi connectivity index (χ4n) is 2.61. The summed E-state index contributed by atoms with van der Waals surface area (Å²) < 4.78 is 2.78. The molecule has 0 aliphatic carbocycles. The lowest BCUT2D eigenvalue weighted by molar-refractivity contribution is 0.772. The van der Waals surface area contributed by atoms with Crippen LogP contribution in [0.1, 0.15) is 5.56 Å². The number of nitrogens with zero attached hydrogens (tertiary/aromatic N) is 2. The van der Waals surface area contributed by atoms with Gasteiger partial charge in [0.25, 0.3) is 5.56 Å². The summed E-state index contributed by atoms with van der Waals surface area (Å²) in [5.74, 6) is 0. The highest BCUT2D eigenvalue weighted by Crippen LogP contribution is 2.19. The molecule has 0 fully saturated rings. The van der Waals surface area contributed by atoms with Crippen LogP contribution in [0, 0.1) is 0 Å². The summed E-state index contributed by atoms with van der Waals surface area (Å²) in [6, 6.07) is 13.9. The third kappa shape index (κ3) is 2.04. The van der Waals surface area contributed by atoms with Gasteiger partial charge in [0.1, 0.15) is 0 Å². The van der Waals surface area contributed by atoms with Gasteiger partial charge in [0.15, 0.2) is 0 Å². The molecular weight excluding hydrogens is 280 g/mol. The van der Waals surface area contributed by atoms with Gasteiger partial charge in [-0.25, -0.2) is 0 Å². The topological polar surface area (TPSA) is 34.9 Å². The molecule has 102 valence electrons. The predicted octanol–water partition coefficient (Wildman–Crippen LogP) is 3.66. The molecule has 0 aliphatic heterocycles. The van der Waals surface area contributed by atoms with Crippen LogP contribution in [-0.4, -0.2) is 9.55 Å². The van der Waals surface area contributed by atoms with Crippen molar-refractivity contribution >= 4 is 32.3 Å². The Hall–Kier alpha value is -2.46. The van der Waals surface area contributed by atoms with E-state index in [1.807, 2.05) is 54.0 Å². The minimum Gasteiger partial charge on any atom is -0.310 e. The van der Waals surface area contributed by atoms with Crippen LogP contribution in [0.4, 0.5) is 0 Å². The third-order valence-electron chi connectivity index (χ3n) is 3.65. The van der Waals surface area contributed by atoms with Crippen molar-refractivity contribution in [2.24, 2.45) is 0 Å². The van der Waals surface area contributed by atoms with Crippen LogP contribution in [0.25, 0.3) is 21.0 Å². The van der Waals surface area contributed by atoms with E-state index in [2.05, 4.69) is 4.98 Å². The zero-order chi connectivity index (χ0) is 14.2. The SMILES string of the molecule is O=c1c2ccsc2ccn1Cc1cccc2cccnc12. The molecule has 0 radical (unpaired) electrons. The molecule has 1 aromatic carbocycles. The van der Waals surface area contributed by atoms with E-state index in [1.165, 1.54) is 0 Å². The predicted molar refractivity (Wildman–Crippen MR) is 86.9 cm³/mol. The Kier molecular flexibility index (Phi) is 2.82. The van der Waals surface area contributed by atoms with Crippen molar-refractivity contribution in [2.75, 3.05) is 0 Å². The number of hydrogen-bond donors (Lipinski definition) is 0. The standard InChI is InChI=1S/C17H12N2OS/c20-17-14-7-10-21-15(14)6-9-19(17)11-13-4-1-3-12-5-2-8-18-16(12)13/h1-10H,11H2. The molecule has 4 rings (SSSR count). The van der Waals surface area contributed by atoms with E-state index in [1.54, 1.807) is 22.1 Å². The summed E-state index contributed by atoms with van der Waals surface area (Å²) in [6.07, 6.45) is 3.65. The minimum atomic E-state index is 0.0571. The van der Waals surface area contributed by atoms with Crippen LogP contribution in [-0.2, 0) is 6.54 Å². The Morgan fingerprint density at radius 2 is 2.00 bits per heavy atom. The van der Waals surface area contributed by atoms with E-state index in [4.69, 9.17) is 0 Å². The normalized spacial score (nSPS) is 11.2. The van der Waals surface area contributed by atoms with Crippen LogP contribution < -0.4 is 5.56 Å². The summed E-state index contributed by atoms with van der Waals surface area (Å²) in [5.41, 5.74) is 2.07. The molecule has 0 aliphatic rings. The number of rotatable bonds is 2. The summed E-state index contributed by atoms with van der Waals surface area (Å²) >= 11 is 1.59. The first-order chi connectivity index (χ1) is 10.3. The van der Waals surface area contributed by atoms with Gasteiger partial charge in [-0.15, -0.1) is 11.3 Å². The molecule has 3 nitrogen and oxygen atoms in total. The Labute approximate surface area is 125 Å². The monoisotopic (exact) mass is 292 g/mol. The van der Waals surface area contributed by atoms with Gasteiger partial charge in [-0.05, 0) is 29.1 Å². The van der Waals surface area contributed by atoms with Gasteiger partial charge >= 0.3 is 0 Å². The second kappa shape index (κ2) is 4.82. The number of para-hydroxylation sites is 1. The smallest absolute Gasteiger partial charge is 0.259 e. The molecular formula is C17H12N2OS. The van der Waals surface area contributed by atoms with Gasteiger partial charge in [-0.2, -0.15) is 0 Å². The molecule has 4 aromatic rings. The maximum atomic E-state index is 12.5. The Morgan fingerprint density at radius 3 is 2.95 bits per heavy atom. The molecule has 0 N–H and O–H groups in total. The maximum absolute atomic E-state index is 12.5. The van der Waals surface area contributed by atoms with Crippen LogP contribution in [0.5, 0.6) is 0 Å². The van der Waals surface area contributed by atoms with Gasteiger partial charge in [0.05, 0.1) is 17.4 Å². The van der Waals surface area contributed by atoms with Gasteiger partial charge < -0.3 is 4.57 Å². The summed E-state index contributed by atoms with van der Waals surface area (Å²) in [6.45, 7) is 0.541. The Morgan fingerprint density at radius 1 is 1.10 bits per heavy atom. The summed E-state index contributed by atoms with van der Waals surface area (Å²) in [5, 5.41) is 3.84. The molecule has 0 atom stereocenters. The number of thiophene rings is 1. The molecule has 21 heavy (non-hydrogen) atoms. The van der Waals surface area contributed by atoms with Gasteiger partial charge in [0.2, 0.25) is 0 Å². The molecule has 0 bridgehead atoms. The van der Waals surface area contributed by atoms with E-state index in [-0.39, 0.29) is 5.56 Å². The van der Waals surface area contributed by atoms with Crippen LogP contribution in [0.2, 0.25) is 0 Å². The maximum Gasteiger partial charge on any atom is 0.259 e. The fraction of sp³-hybridized carbons (Fsp3) is 0.0588. The van der Waals surface area contributed by atoms with Crippen LogP contribution in [0.15, 0.2) is 65.0 Å². The molecule has 0 unspecified atom stereocenters.